The van der Waals surface area contributed by atoms with Crippen LogP contribution in [0.1, 0.15) is 52.5 Å². The Morgan fingerprint density at radius 1 is 1.18 bits per heavy atom. The number of benzene rings is 1. The number of ether oxygens (including phenoxy) is 2. The second-order valence-electron chi connectivity index (χ2n) is 6.30. The quantitative estimate of drug-likeness (QED) is 0.491. The molecule has 28 heavy (non-hydrogen) atoms. The van der Waals surface area contributed by atoms with Crippen molar-refractivity contribution in [3.8, 4) is 11.8 Å². The number of nitrogens with zero attached hydrogens (tertiary/aromatic N) is 1. The first-order valence-corrected chi connectivity index (χ1v) is 9.97. The molecular weight excluding hydrogens is 376 g/mol. The SMILES string of the molecule is CCCCCOc1ccc(C(=O)OCC(=O)Nc2sc(C)c(C)c2C#N)cc1. The predicted octanol–water partition coefficient (Wildman–Crippen LogP) is 4.60. The van der Waals surface area contributed by atoms with Crippen molar-refractivity contribution in [2.24, 2.45) is 0 Å². The molecule has 2 rings (SSSR count). The zero-order valence-corrected chi connectivity index (χ0v) is 17.1. The van der Waals surface area contributed by atoms with Crippen LogP contribution in [0.25, 0.3) is 0 Å². The molecule has 0 aliphatic heterocycles. The minimum absolute atomic E-state index is 0.342. The molecule has 148 valence electrons. The fraction of sp³-hybridized carbons (Fsp3) is 0.381. The summed E-state index contributed by atoms with van der Waals surface area (Å²) in [4.78, 5) is 25.1. The Morgan fingerprint density at radius 3 is 2.54 bits per heavy atom. The lowest BCUT2D eigenvalue weighted by Crippen LogP contribution is -2.20. The summed E-state index contributed by atoms with van der Waals surface area (Å²) in [6.07, 6.45) is 3.24. The third-order valence-corrected chi connectivity index (χ3v) is 5.31. The van der Waals surface area contributed by atoms with E-state index in [0.29, 0.717) is 28.5 Å². The van der Waals surface area contributed by atoms with Crippen LogP contribution < -0.4 is 10.1 Å². The van der Waals surface area contributed by atoms with Crippen LogP contribution in [0.5, 0.6) is 5.75 Å². The number of hydrogen-bond donors (Lipinski definition) is 1. The Hall–Kier alpha value is -2.85. The molecule has 0 saturated heterocycles. The van der Waals surface area contributed by atoms with Gasteiger partial charge in [0.1, 0.15) is 16.8 Å². The van der Waals surface area contributed by atoms with Gasteiger partial charge >= 0.3 is 5.97 Å². The first-order chi connectivity index (χ1) is 13.5. The van der Waals surface area contributed by atoms with Crippen molar-refractivity contribution in [1.29, 1.82) is 5.26 Å². The Balaban J connectivity index is 1.84. The van der Waals surface area contributed by atoms with E-state index in [2.05, 4.69) is 18.3 Å². The normalized spacial score (nSPS) is 10.2. The van der Waals surface area contributed by atoms with Gasteiger partial charge in [0.05, 0.1) is 17.7 Å². The molecule has 1 aromatic heterocycles. The number of aryl methyl sites for hydroxylation is 1. The van der Waals surface area contributed by atoms with Gasteiger partial charge in [-0.25, -0.2) is 4.79 Å². The number of hydrogen-bond acceptors (Lipinski definition) is 6. The molecule has 1 N–H and O–H groups in total. The lowest BCUT2D eigenvalue weighted by Gasteiger charge is -2.08. The van der Waals surface area contributed by atoms with E-state index in [-0.39, 0.29) is 0 Å². The van der Waals surface area contributed by atoms with Crippen LogP contribution in [-0.2, 0) is 9.53 Å². The van der Waals surface area contributed by atoms with Crippen molar-refractivity contribution in [2.45, 2.75) is 40.0 Å². The van der Waals surface area contributed by atoms with Crippen molar-refractivity contribution in [2.75, 3.05) is 18.5 Å². The van der Waals surface area contributed by atoms with Gasteiger partial charge in [-0.05, 0) is 50.1 Å². The van der Waals surface area contributed by atoms with Crippen LogP contribution in [0, 0.1) is 25.2 Å². The number of amides is 1. The number of nitrogens with one attached hydrogen (secondary N) is 1. The first-order valence-electron chi connectivity index (χ1n) is 9.16. The smallest absolute Gasteiger partial charge is 0.338 e. The lowest BCUT2D eigenvalue weighted by molar-refractivity contribution is -0.119. The molecule has 1 amide bonds. The molecule has 0 aliphatic carbocycles. The number of anilines is 1. The number of carbonyl (C=O) groups excluding carboxylic acids is 2. The van der Waals surface area contributed by atoms with Crippen molar-refractivity contribution >= 4 is 28.2 Å². The second kappa shape index (κ2) is 10.5. The zero-order valence-electron chi connectivity index (χ0n) is 16.3. The van der Waals surface area contributed by atoms with Crippen LogP contribution in [0.2, 0.25) is 0 Å². The molecule has 0 aliphatic rings. The maximum absolute atomic E-state index is 12.1. The van der Waals surface area contributed by atoms with Gasteiger partial charge < -0.3 is 14.8 Å². The first kappa shape index (κ1) is 21.5. The number of nitriles is 1. The minimum Gasteiger partial charge on any atom is -0.494 e. The Morgan fingerprint density at radius 2 is 1.89 bits per heavy atom. The summed E-state index contributed by atoms with van der Waals surface area (Å²) in [6, 6.07) is 8.71. The topological polar surface area (TPSA) is 88.4 Å². The second-order valence-corrected chi connectivity index (χ2v) is 7.53. The standard InChI is InChI=1S/C21H24N2O4S/c1-4-5-6-11-26-17-9-7-16(8-10-17)21(25)27-13-19(24)23-20-18(12-22)14(2)15(3)28-20/h7-10H,4-6,11,13H2,1-3H3,(H,23,24). The summed E-state index contributed by atoms with van der Waals surface area (Å²) in [5, 5.41) is 12.3. The maximum Gasteiger partial charge on any atom is 0.338 e. The van der Waals surface area contributed by atoms with E-state index in [0.717, 1.165) is 29.7 Å². The van der Waals surface area contributed by atoms with E-state index in [1.165, 1.54) is 11.3 Å². The van der Waals surface area contributed by atoms with Gasteiger partial charge in [0.25, 0.3) is 5.91 Å². The molecule has 6 nitrogen and oxygen atoms in total. The third kappa shape index (κ3) is 5.83. The minimum atomic E-state index is -0.591. The summed E-state index contributed by atoms with van der Waals surface area (Å²) >= 11 is 1.33. The third-order valence-electron chi connectivity index (χ3n) is 4.19. The summed E-state index contributed by atoms with van der Waals surface area (Å²) in [5.41, 5.74) is 1.63. The molecule has 0 radical (unpaired) electrons. The van der Waals surface area contributed by atoms with Crippen LogP contribution in [0.3, 0.4) is 0 Å². The van der Waals surface area contributed by atoms with Crippen molar-refractivity contribution < 1.29 is 19.1 Å². The van der Waals surface area contributed by atoms with Gasteiger partial charge in [-0.15, -0.1) is 11.3 Å². The largest absolute Gasteiger partial charge is 0.494 e. The summed E-state index contributed by atoms with van der Waals surface area (Å²) < 4.78 is 10.7. The molecule has 0 saturated carbocycles. The number of unbranched alkanes of at least 4 members (excludes halogenated alkanes) is 2. The average molecular weight is 401 g/mol. The van der Waals surface area contributed by atoms with Crippen molar-refractivity contribution in [3.05, 3.63) is 45.8 Å². The molecule has 1 heterocycles. The van der Waals surface area contributed by atoms with Crippen molar-refractivity contribution in [3.63, 3.8) is 0 Å². The fourth-order valence-corrected chi connectivity index (χ4v) is 3.48. The number of rotatable bonds is 9. The van der Waals surface area contributed by atoms with Gasteiger partial charge in [0.15, 0.2) is 6.61 Å². The van der Waals surface area contributed by atoms with E-state index in [9.17, 15) is 14.9 Å². The molecule has 0 fully saturated rings. The highest BCUT2D eigenvalue weighted by molar-refractivity contribution is 7.16. The van der Waals surface area contributed by atoms with Crippen molar-refractivity contribution in [1.82, 2.24) is 0 Å². The molecule has 0 spiro atoms. The van der Waals surface area contributed by atoms with Gasteiger partial charge in [-0.1, -0.05) is 19.8 Å². The molecular formula is C21H24N2O4S. The molecule has 0 bridgehead atoms. The highest BCUT2D eigenvalue weighted by Crippen LogP contribution is 2.31. The Labute approximate surface area is 169 Å². The van der Waals surface area contributed by atoms with E-state index in [1.54, 1.807) is 24.3 Å². The number of carbonyl (C=O) groups is 2. The molecule has 0 unspecified atom stereocenters. The maximum atomic E-state index is 12.1. The Kier molecular flexibility index (Phi) is 8.02. The van der Waals surface area contributed by atoms with Gasteiger partial charge in [-0.3, -0.25) is 4.79 Å². The summed E-state index contributed by atoms with van der Waals surface area (Å²) in [5.74, 6) is -0.383. The number of esters is 1. The molecule has 7 heteroatoms. The van der Waals surface area contributed by atoms with Gasteiger partial charge in [0.2, 0.25) is 0 Å². The van der Waals surface area contributed by atoms with Crippen LogP contribution in [0.4, 0.5) is 5.00 Å². The monoisotopic (exact) mass is 400 g/mol. The lowest BCUT2D eigenvalue weighted by atomic mass is 10.2. The highest BCUT2D eigenvalue weighted by atomic mass is 32.1. The fourth-order valence-electron chi connectivity index (χ4n) is 2.46. The molecule has 0 atom stereocenters. The number of thiophene rings is 1. The highest BCUT2D eigenvalue weighted by Gasteiger charge is 2.16. The van der Waals surface area contributed by atoms with Crippen LogP contribution in [0.15, 0.2) is 24.3 Å². The van der Waals surface area contributed by atoms with E-state index < -0.39 is 18.5 Å². The Bertz CT molecular complexity index is 866. The predicted molar refractivity (Wildman–Crippen MR) is 109 cm³/mol. The van der Waals surface area contributed by atoms with E-state index >= 15 is 0 Å². The van der Waals surface area contributed by atoms with Gasteiger partial charge in [-0.2, -0.15) is 5.26 Å². The van der Waals surface area contributed by atoms with E-state index in [1.807, 2.05) is 13.8 Å². The summed E-state index contributed by atoms with van der Waals surface area (Å²) in [7, 11) is 0. The molecule has 1 aromatic carbocycles. The summed E-state index contributed by atoms with van der Waals surface area (Å²) in [6.45, 7) is 6.07. The average Bonchev–Trinajstić information content (AvgIpc) is 2.96. The van der Waals surface area contributed by atoms with Gasteiger partial charge in [0, 0.05) is 4.88 Å². The molecule has 2 aromatic rings. The van der Waals surface area contributed by atoms with E-state index in [4.69, 9.17) is 9.47 Å². The van der Waals surface area contributed by atoms with Crippen LogP contribution >= 0.6 is 11.3 Å². The van der Waals surface area contributed by atoms with Crippen LogP contribution in [-0.4, -0.2) is 25.1 Å². The zero-order chi connectivity index (χ0) is 20.5.